The van der Waals surface area contributed by atoms with Crippen LogP contribution < -0.4 is 25.5 Å². The summed E-state index contributed by atoms with van der Waals surface area (Å²) < 4.78 is 57.1. The molecule has 1 heterocycles. The number of rotatable bonds is 7. The zero-order valence-corrected chi connectivity index (χ0v) is 17.6. The van der Waals surface area contributed by atoms with Crippen molar-refractivity contribution in [2.75, 3.05) is 14.2 Å². The molecule has 1 N–H and O–H groups in total. The Kier molecular flexibility index (Phi) is 6.61. The molecule has 7 nitrogen and oxygen atoms in total. The monoisotopic (exact) mass is 450 g/mol. The molecule has 0 bridgehead atoms. The Bertz CT molecular complexity index is 1210. The first-order valence-electron chi connectivity index (χ1n) is 9.46. The smallest absolute Gasteiger partial charge is 0.431 e. The standard InChI is InChI=1S/C22H21F3N2O5/c1-27-20(28)16(19(22(23,24)25)26-21(27)29)10-14-6-9-17(31-3)18(11-14)32-12-13-4-7-15(30-2)8-5-13/h4-9,11H,10,12H2,1-3H3,(H,26,29). The Labute approximate surface area is 181 Å². The summed E-state index contributed by atoms with van der Waals surface area (Å²) in [6.07, 6.45) is -5.25. The lowest BCUT2D eigenvalue weighted by atomic mass is 10.0. The van der Waals surface area contributed by atoms with Gasteiger partial charge in [-0.25, -0.2) is 4.79 Å². The van der Waals surface area contributed by atoms with Crippen molar-refractivity contribution >= 4 is 0 Å². The van der Waals surface area contributed by atoms with E-state index in [0.717, 1.165) is 12.6 Å². The van der Waals surface area contributed by atoms with Gasteiger partial charge in [0.25, 0.3) is 5.56 Å². The van der Waals surface area contributed by atoms with Crippen molar-refractivity contribution in [1.82, 2.24) is 9.55 Å². The van der Waals surface area contributed by atoms with Crippen LogP contribution in [0, 0.1) is 0 Å². The molecule has 0 amide bonds. The van der Waals surface area contributed by atoms with Gasteiger partial charge in [-0.2, -0.15) is 13.2 Å². The summed E-state index contributed by atoms with van der Waals surface area (Å²) in [5, 5.41) is 0. The van der Waals surface area contributed by atoms with Crippen molar-refractivity contribution in [2.45, 2.75) is 19.2 Å². The van der Waals surface area contributed by atoms with Gasteiger partial charge in [0.05, 0.1) is 19.8 Å². The third-order valence-corrected chi connectivity index (χ3v) is 4.85. The molecule has 10 heteroatoms. The average Bonchev–Trinajstić information content (AvgIpc) is 2.77. The maximum atomic E-state index is 13.4. The number of hydrogen-bond acceptors (Lipinski definition) is 5. The third kappa shape index (κ3) is 4.96. The molecule has 0 spiro atoms. The number of aromatic nitrogens is 2. The molecular weight excluding hydrogens is 429 g/mol. The van der Waals surface area contributed by atoms with Crippen LogP contribution >= 0.6 is 0 Å². The molecule has 1 aromatic heterocycles. The summed E-state index contributed by atoms with van der Waals surface area (Å²) >= 11 is 0. The molecule has 170 valence electrons. The highest BCUT2D eigenvalue weighted by Crippen LogP contribution is 2.32. The van der Waals surface area contributed by atoms with Crippen LogP contribution in [-0.4, -0.2) is 23.8 Å². The number of H-pyrrole nitrogens is 1. The molecule has 3 aromatic rings. The first kappa shape index (κ1) is 23.0. The minimum Gasteiger partial charge on any atom is -0.497 e. The number of aromatic amines is 1. The van der Waals surface area contributed by atoms with Crippen LogP contribution in [0.4, 0.5) is 13.2 Å². The number of ether oxygens (including phenoxy) is 3. The number of nitrogens with zero attached hydrogens (tertiary/aromatic N) is 1. The summed E-state index contributed by atoms with van der Waals surface area (Å²) in [5.74, 6) is 1.37. The predicted molar refractivity (Wildman–Crippen MR) is 110 cm³/mol. The van der Waals surface area contributed by atoms with Gasteiger partial charge in [-0.15, -0.1) is 0 Å². The molecule has 2 aromatic carbocycles. The second-order valence-electron chi connectivity index (χ2n) is 6.94. The summed E-state index contributed by atoms with van der Waals surface area (Å²) in [5.41, 5.74) is -2.85. The fourth-order valence-corrected chi connectivity index (χ4v) is 3.10. The number of benzene rings is 2. The first-order chi connectivity index (χ1) is 15.1. The van der Waals surface area contributed by atoms with Crippen LogP contribution in [0.2, 0.25) is 0 Å². The van der Waals surface area contributed by atoms with Crippen molar-refractivity contribution in [2.24, 2.45) is 7.05 Å². The maximum Gasteiger partial charge on any atom is 0.431 e. The molecule has 0 saturated heterocycles. The maximum absolute atomic E-state index is 13.4. The summed E-state index contributed by atoms with van der Waals surface area (Å²) in [6, 6.07) is 11.8. The number of hydrogen-bond donors (Lipinski definition) is 1. The van der Waals surface area contributed by atoms with Crippen molar-refractivity contribution in [3.8, 4) is 17.2 Å². The van der Waals surface area contributed by atoms with E-state index in [9.17, 15) is 22.8 Å². The lowest BCUT2D eigenvalue weighted by Crippen LogP contribution is -2.38. The molecule has 0 aliphatic rings. The Morgan fingerprint density at radius 1 is 0.938 bits per heavy atom. The second kappa shape index (κ2) is 9.21. The van der Waals surface area contributed by atoms with Gasteiger partial charge in [0, 0.05) is 13.5 Å². The zero-order chi connectivity index (χ0) is 23.5. The minimum atomic E-state index is -4.89. The zero-order valence-electron chi connectivity index (χ0n) is 17.6. The normalized spacial score (nSPS) is 11.3. The molecule has 3 rings (SSSR count). The fourth-order valence-electron chi connectivity index (χ4n) is 3.10. The van der Waals surface area contributed by atoms with E-state index in [1.807, 2.05) is 12.1 Å². The van der Waals surface area contributed by atoms with Gasteiger partial charge in [0.1, 0.15) is 18.1 Å². The topological polar surface area (TPSA) is 82.5 Å². The summed E-state index contributed by atoms with van der Waals surface area (Å²) in [6.45, 7) is 0.179. The van der Waals surface area contributed by atoms with Crippen molar-refractivity contribution in [3.05, 3.63) is 85.7 Å². The largest absolute Gasteiger partial charge is 0.497 e. The van der Waals surface area contributed by atoms with Gasteiger partial charge >= 0.3 is 11.9 Å². The summed E-state index contributed by atoms with van der Waals surface area (Å²) in [4.78, 5) is 25.8. The van der Waals surface area contributed by atoms with Gasteiger partial charge in [-0.1, -0.05) is 18.2 Å². The van der Waals surface area contributed by atoms with Crippen molar-refractivity contribution < 1.29 is 27.4 Å². The van der Waals surface area contributed by atoms with Gasteiger partial charge in [0.15, 0.2) is 11.5 Å². The van der Waals surface area contributed by atoms with Gasteiger partial charge in [-0.05, 0) is 35.4 Å². The number of halogens is 3. The third-order valence-electron chi connectivity index (χ3n) is 4.85. The Morgan fingerprint density at radius 2 is 1.59 bits per heavy atom. The van der Waals surface area contributed by atoms with Crippen LogP contribution in [-0.2, 0) is 26.3 Å². The van der Waals surface area contributed by atoms with Crippen LogP contribution in [0.25, 0.3) is 0 Å². The van der Waals surface area contributed by atoms with Crippen LogP contribution in [0.15, 0.2) is 52.1 Å². The van der Waals surface area contributed by atoms with Crippen LogP contribution in [0.5, 0.6) is 17.2 Å². The number of nitrogens with one attached hydrogen (secondary N) is 1. The van der Waals surface area contributed by atoms with Crippen LogP contribution in [0.1, 0.15) is 22.4 Å². The van der Waals surface area contributed by atoms with Gasteiger partial charge in [0.2, 0.25) is 0 Å². The summed E-state index contributed by atoms with van der Waals surface area (Å²) in [7, 11) is 4.11. The molecular formula is C22H21F3N2O5. The van der Waals surface area contributed by atoms with Gasteiger partial charge in [-0.3, -0.25) is 9.36 Å². The molecule has 0 atom stereocenters. The quantitative estimate of drug-likeness (QED) is 0.598. The van der Waals surface area contributed by atoms with E-state index >= 15 is 0 Å². The Hall–Kier alpha value is -3.69. The van der Waals surface area contributed by atoms with Crippen LogP contribution in [0.3, 0.4) is 0 Å². The molecule has 0 aliphatic carbocycles. The highest BCUT2D eigenvalue weighted by atomic mass is 19.4. The Morgan fingerprint density at radius 3 is 2.19 bits per heavy atom. The van der Waals surface area contributed by atoms with E-state index < -0.39 is 28.7 Å². The second-order valence-corrected chi connectivity index (χ2v) is 6.94. The lowest BCUT2D eigenvalue weighted by molar-refractivity contribution is -0.142. The predicted octanol–water partition coefficient (Wildman–Crippen LogP) is 3.28. The SMILES string of the molecule is COc1ccc(COc2cc(Cc3c(C(F)(F)F)[nH]c(=O)n(C)c3=O)ccc2OC)cc1. The van der Waals surface area contributed by atoms with E-state index in [1.165, 1.54) is 19.2 Å². The first-order valence-corrected chi connectivity index (χ1v) is 9.46. The highest BCUT2D eigenvalue weighted by Gasteiger charge is 2.36. The Balaban J connectivity index is 1.92. The highest BCUT2D eigenvalue weighted by molar-refractivity contribution is 5.44. The van der Waals surface area contributed by atoms with Crippen molar-refractivity contribution in [1.29, 1.82) is 0 Å². The van der Waals surface area contributed by atoms with Gasteiger partial charge < -0.3 is 19.2 Å². The molecule has 0 unspecified atom stereocenters. The number of alkyl halides is 3. The van der Waals surface area contributed by atoms with Crippen molar-refractivity contribution in [3.63, 3.8) is 0 Å². The van der Waals surface area contributed by atoms with E-state index in [4.69, 9.17) is 14.2 Å². The molecule has 0 saturated carbocycles. The average molecular weight is 450 g/mol. The molecule has 0 radical (unpaired) electrons. The molecule has 0 fully saturated rings. The lowest BCUT2D eigenvalue weighted by Gasteiger charge is -2.15. The molecule has 0 aliphatic heterocycles. The fraction of sp³-hybridized carbons (Fsp3) is 0.273. The minimum absolute atomic E-state index is 0.179. The van der Waals surface area contributed by atoms with E-state index in [2.05, 4.69) is 0 Å². The molecule has 32 heavy (non-hydrogen) atoms. The van der Waals surface area contributed by atoms with E-state index in [0.29, 0.717) is 27.4 Å². The number of methoxy groups -OCH3 is 2. The van der Waals surface area contributed by atoms with E-state index in [-0.39, 0.29) is 13.0 Å². The van der Waals surface area contributed by atoms with E-state index in [1.54, 1.807) is 30.3 Å².